The van der Waals surface area contributed by atoms with E-state index in [9.17, 15) is 9.59 Å². The molecule has 3 aromatic heterocycles. The standard InChI is InChI=1S/C18H14N4O.C16H20O2.H2/c19-18(23)16-11-21-22-7-3-6-13(17(16)22)9-15-8-12-4-1-2-5-14(12)10-20-15;1-12(13-6-3-2-4-7-13)18-15(17)14-10-16(11-14)8-5-9-16;/h1-8,10-11H,9H2,(H2,19,23);2-4,6-7,12,14H,5,8-11H2,1H3;1H/t;12-;/m.0./s1. The summed E-state index contributed by atoms with van der Waals surface area (Å²) in [5.74, 6) is -0.306. The number of nitrogens with zero attached hydrogens (tertiary/aromatic N) is 3. The van der Waals surface area contributed by atoms with Crippen LogP contribution >= 0.6 is 0 Å². The van der Waals surface area contributed by atoms with E-state index < -0.39 is 5.91 Å². The maximum Gasteiger partial charge on any atom is 0.309 e. The second-order valence-corrected chi connectivity index (χ2v) is 11.4. The van der Waals surface area contributed by atoms with E-state index in [2.05, 4.69) is 22.2 Å². The van der Waals surface area contributed by atoms with Crippen molar-refractivity contribution in [2.24, 2.45) is 17.1 Å². The van der Waals surface area contributed by atoms with E-state index in [1.54, 1.807) is 10.7 Å². The number of ether oxygens (including phenoxy) is 1. The molecule has 0 radical (unpaired) electrons. The number of fused-ring (bicyclic) bond motifs is 2. The van der Waals surface area contributed by atoms with Crippen LogP contribution in [0, 0.1) is 11.3 Å². The molecule has 2 aromatic carbocycles. The highest BCUT2D eigenvalue weighted by atomic mass is 16.5. The molecule has 1 amide bonds. The summed E-state index contributed by atoms with van der Waals surface area (Å²) < 4.78 is 7.24. The first-order chi connectivity index (χ1) is 19.9. The normalized spacial score (nSPS) is 16.3. The van der Waals surface area contributed by atoms with Gasteiger partial charge in [-0.2, -0.15) is 5.10 Å². The third kappa shape index (κ3) is 5.57. The second kappa shape index (κ2) is 11.2. The van der Waals surface area contributed by atoms with E-state index in [-0.39, 0.29) is 19.4 Å². The zero-order valence-corrected chi connectivity index (χ0v) is 23.2. The number of pyridine rings is 2. The molecule has 3 heterocycles. The summed E-state index contributed by atoms with van der Waals surface area (Å²) in [6.45, 7) is 1.95. The van der Waals surface area contributed by atoms with Gasteiger partial charge in [0, 0.05) is 31.3 Å². The van der Waals surface area contributed by atoms with Crippen molar-refractivity contribution in [2.75, 3.05) is 0 Å². The van der Waals surface area contributed by atoms with E-state index in [1.165, 1.54) is 25.5 Å². The molecule has 210 valence electrons. The lowest BCUT2D eigenvalue weighted by atomic mass is 9.52. The van der Waals surface area contributed by atoms with E-state index >= 15 is 0 Å². The molecule has 2 aliphatic rings. The monoisotopic (exact) mass is 548 g/mol. The van der Waals surface area contributed by atoms with Crippen LogP contribution in [-0.2, 0) is 16.0 Å². The average molecular weight is 549 g/mol. The average Bonchev–Trinajstić information content (AvgIpc) is 3.38. The smallest absolute Gasteiger partial charge is 0.309 e. The summed E-state index contributed by atoms with van der Waals surface area (Å²) in [5, 5.41) is 6.44. The van der Waals surface area contributed by atoms with Crippen LogP contribution in [0.25, 0.3) is 16.3 Å². The zero-order chi connectivity index (χ0) is 28.4. The molecule has 7 nitrogen and oxygen atoms in total. The number of hydrogen-bond donors (Lipinski definition) is 1. The quantitative estimate of drug-likeness (QED) is 0.238. The molecule has 41 heavy (non-hydrogen) atoms. The van der Waals surface area contributed by atoms with Gasteiger partial charge in [0.1, 0.15) is 6.10 Å². The lowest BCUT2D eigenvalue weighted by Gasteiger charge is -2.53. The largest absolute Gasteiger partial charge is 0.458 e. The van der Waals surface area contributed by atoms with Crippen molar-refractivity contribution < 1.29 is 15.8 Å². The topological polar surface area (TPSA) is 99.6 Å². The first kappa shape index (κ1) is 26.7. The SMILES string of the molecule is C[C@H](OC(=O)C1CC2(CCC2)C1)c1ccccc1.NC(=O)c1cnn2cccc(Cc3cc4ccccc4cn3)c12.[HH]. The second-order valence-electron chi connectivity index (χ2n) is 11.4. The van der Waals surface area contributed by atoms with Crippen LogP contribution in [0.15, 0.2) is 91.4 Å². The Balaban J connectivity index is 0.000000169. The van der Waals surface area contributed by atoms with Crippen LogP contribution in [0.2, 0.25) is 0 Å². The molecule has 5 aromatic rings. The minimum Gasteiger partial charge on any atom is -0.458 e. The third-order valence-electron chi connectivity index (χ3n) is 8.62. The summed E-state index contributed by atoms with van der Waals surface area (Å²) in [4.78, 5) is 28.1. The Hall–Kier alpha value is -4.52. The van der Waals surface area contributed by atoms with Crippen molar-refractivity contribution in [3.63, 3.8) is 0 Å². The number of hydrogen-bond acceptors (Lipinski definition) is 5. The Morgan fingerprint density at radius 2 is 1.76 bits per heavy atom. The van der Waals surface area contributed by atoms with Gasteiger partial charge in [0.2, 0.25) is 0 Å². The Morgan fingerprint density at radius 1 is 1.02 bits per heavy atom. The maximum atomic E-state index is 12.0. The molecule has 1 spiro atoms. The van der Waals surface area contributed by atoms with Gasteiger partial charge in [-0.25, -0.2) is 4.52 Å². The van der Waals surface area contributed by atoms with Crippen molar-refractivity contribution in [1.29, 1.82) is 0 Å². The number of amides is 1. The predicted molar refractivity (Wildman–Crippen MR) is 160 cm³/mol. The molecule has 0 aliphatic heterocycles. The lowest BCUT2D eigenvalue weighted by molar-refractivity contribution is -0.166. The highest BCUT2D eigenvalue weighted by molar-refractivity contribution is 6.00. The fourth-order valence-corrected chi connectivity index (χ4v) is 6.16. The van der Waals surface area contributed by atoms with Gasteiger partial charge in [-0.1, -0.05) is 67.1 Å². The van der Waals surface area contributed by atoms with Crippen LogP contribution < -0.4 is 5.73 Å². The number of aromatic nitrogens is 3. The Bertz CT molecular complexity index is 1710. The first-order valence-corrected chi connectivity index (χ1v) is 14.2. The maximum absolute atomic E-state index is 12.0. The summed E-state index contributed by atoms with van der Waals surface area (Å²) in [5.41, 5.74) is 10.2. The molecule has 2 aliphatic carbocycles. The van der Waals surface area contributed by atoms with Crippen molar-refractivity contribution in [1.82, 2.24) is 14.6 Å². The molecular formula is C34H36N4O3. The van der Waals surface area contributed by atoms with Crippen LogP contribution in [0.5, 0.6) is 0 Å². The van der Waals surface area contributed by atoms with Gasteiger partial charge < -0.3 is 10.5 Å². The zero-order valence-electron chi connectivity index (χ0n) is 23.2. The van der Waals surface area contributed by atoms with Gasteiger partial charge >= 0.3 is 5.97 Å². The minimum atomic E-state index is -0.473. The Kier molecular flexibility index (Phi) is 7.26. The van der Waals surface area contributed by atoms with Crippen LogP contribution in [0.1, 0.15) is 73.7 Å². The molecule has 7 heteroatoms. The molecular weight excluding hydrogens is 512 g/mol. The molecule has 2 saturated carbocycles. The van der Waals surface area contributed by atoms with Gasteiger partial charge in [0.25, 0.3) is 5.91 Å². The summed E-state index contributed by atoms with van der Waals surface area (Å²) >= 11 is 0. The number of carbonyl (C=O) groups excluding carboxylic acids is 2. The van der Waals surface area contributed by atoms with Crippen molar-refractivity contribution in [3.05, 3.63) is 114 Å². The third-order valence-corrected chi connectivity index (χ3v) is 8.62. The molecule has 0 unspecified atom stereocenters. The number of carbonyl (C=O) groups is 2. The van der Waals surface area contributed by atoms with E-state index in [0.29, 0.717) is 17.4 Å². The molecule has 1 atom stereocenters. The fourth-order valence-electron chi connectivity index (χ4n) is 6.16. The van der Waals surface area contributed by atoms with Crippen LogP contribution in [0.4, 0.5) is 0 Å². The highest BCUT2D eigenvalue weighted by Crippen LogP contribution is 2.59. The fraction of sp³-hybridized carbons (Fsp3) is 0.294. The van der Waals surface area contributed by atoms with E-state index in [1.807, 2.05) is 73.8 Å². The van der Waals surface area contributed by atoms with Crippen molar-refractivity contribution in [3.8, 4) is 0 Å². The van der Waals surface area contributed by atoms with Crippen LogP contribution in [0.3, 0.4) is 0 Å². The van der Waals surface area contributed by atoms with Gasteiger partial charge in [-0.15, -0.1) is 0 Å². The Morgan fingerprint density at radius 3 is 2.46 bits per heavy atom. The van der Waals surface area contributed by atoms with Crippen molar-refractivity contribution >= 4 is 28.2 Å². The van der Waals surface area contributed by atoms with Crippen LogP contribution in [-0.4, -0.2) is 26.5 Å². The Labute approximate surface area is 240 Å². The van der Waals surface area contributed by atoms with Crippen molar-refractivity contribution in [2.45, 2.75) is 51.6 Å². The first-order valence-electron chi connectivity index (χ1n) is 14.2. The van der Waals surface area contributed by atoms with E-state index in [4.69, 9.17) is 10.5 Å². The molecule has 2 fully saturated rings. The predicted octanol–water partition coefficient (Wildman–Crippen LogP) is 6.69. The molecule has 7 rings (SSSR count). The van der Waals surface area contributed by atoms with Gasteiger partial charge in [-0.05, 0) is 66.7 Å². The molecule has 0 bridgehead atoms. The van der Waals surface area contributed by atoms with Gasteiger partial charge in [0.05, 0.1) is 23.2 Å². The number of benzene rings is 2. The summed E-state index contributed by atoms with van der Waals surface area (Å²) in [7, 11) is 0. The summed E-state index contributed by atoms with van der Waals surface area (Å²) in [6.07, 6.45) is 11.8. The molecule has 2 N–H and O–H groups in total. The highest BCUT2D eigenvalue weighted by Gasteiger charge is 2.51. The lowest BCUT2D eigenvalue weighted by Crippen LogP contribution is -2.46. The number of nitrogens with two attached hydrogens (primary N) is 1. The van der Waals surface area contributed by atoms with E-state index in [0.717, 1.165) is 46.0 Å². The number of primary amides is 1. The van der Waals surface area contributed by atoms with Gasteiger partial charge in [0.15, 0.2) is 0 Å². The number of esters is 1. The number of rotatable bonds is 6. The van der Waals surface area contributed by atoms with Gasteiger partial charge in [-0.3, -0.25) is 14.6 Å². The summed E-state index contributed by atoms with van der Waals surface area (Å²) in [6, 6.07) is 24.0. The molecule has 0 saturated heterocycles. The minimum absolute atomic E-state index is 0.